The maximum atomic E-state index is 12.4. The van der Waals surface area contributed by atoms with Crippen LogP contribution in [0.2, 0.25) is 0 Å². The highest BCUT2D eigenvalue weighted by Crippen LogP contribution is 2.43. The number of allylic oxidation sites excluding steroid dienone is 2. The summed E-state index contributed by atoms with van der Waals surface area (Å²) in [4.78, 5) is 0. The molecule has 0 saturated heterocycles. The van der Waals surface area contributed by atoms with Crippen LogP contribution in [0.25, 0.3) is 0 Å². The summed E-state index contributed by atoms with van der Waals surface area (Å²) in [5, 5.41) is -6.08. The maximum Gasteiger partial charge on any atom is 0.390 e. The predicted molar refractivity (Wildman–Crippen MR) is 40.3 cm³/mol. The highest BCUT2D eigenvalue weighted by molar-refractivity contribution is 6.22. The van der Waals surface area contributed by atoms with E-state index in [0.29, 0.717) is 0 Å². The second-order valence-corrected chi connectivity index (χ2v) is 3.43. The molecule has 0 aliphatic carbocycles. The molecule has 0 amide bonds. The van der Waals surface area contributed by atoms with Crippen LogP contribution in [0.4, 0.5) is 22.0 Å². The van der Waals surface area contributed by atoms with Crippen LogP contribution >= 0.6 is 23.2 Å². The Bertz CT molecular complexity index is 206. The van der Waals surface area contributed by atoms with Crippen molar-refractivity contribution in [1.82, 2.24) is 0 Å². The lowest BCUT2D eigenvalue weighted by atomic mass is 10.2. The van der Waals surface area contributed by atoms with E-state index in [1.54, 1.807) is 0 Å². The van der Waals surface area contributed by atoms with Crippen LogP contribution < -0.4 is 0 Å². The molecular weight excluding hydrogens is 238 g/mol. The third-order valence-electron chi connectivity index (χ3n) is 1.03. The lowest BCUT2D eigenvalue weighted by molar-refractivity contribution is -0.141. The van der Waals surface area contributed by atoms with Crippen LogP contribution in [0.1, 0.15) is 6.92 Å². The highest BCUT2D eigenvalue weighted by Gasteiger charge is 2.58. The first-order valence-electron chi connectivity index (χ1n) is 3.05. The molecule has 0 aromatic heterocycles. The van der Waals surface area contributed by atoms with Gasteiger partial charge in [0, 0.05) is 0 Å². The molecule has 0 aliphatic heterocycles. The minimum absolute atomic E-state index is 0.165. The van der Waals surface area contributed by atoms with Gasteiger partial charge < -0.3 is 0 Å². The van der Waals surface area contributed by atoms with Gasteiger partial charge in [-0.3, -0.25) is 0 Å². The van der Waals surface area contributed by atoms with Gasteiger partial charge >= 0.3 is 11.3 Å². The summed E-state index contributed by atoms with van der Waals surface area (Å²) >= 11 is 9.09. The molecule has 0 aromatic carbocycles. The molecule has 0 rings (SSSR count). The third kappa shape index (κ3) is 3.31. The van der Waals surface area contributed by atoms with Gasteiger partial charge in [0.15, 0.2) is 5.83 Å². The smallest absolute Gasteiger partial charge is 0.205 e. The van der Waals surface area contributed by atoms with E-state index in [1.165, 1.54) is 0 Å². The van der Waals surface area contributed by atoms with E-state index in [4.69, 9.17) is 11.6 Å². The van der Waals surface area contributed by atoms with Crippen LogP contribution in [-0.4, -0.2) is 16.7 Å². The molecule has 0 aromatic rings. The Morgan fingerprint density at radius 3 is 1.92 bits per heavy atom. The molecule has 0 bridgehead atoms. The summed E-state index contributed by atoms with van der Waals surface area (Å²) in [7, 11) is 0. The van der Waals surface area contributed by atoms with Crippen molar-refractivity contribution in [2.45, 2.75) is 23.6 Å². The largest absolute Gasteiger partial charge is 0.390 e. The Morgan fingerprint density at radius 2 is 1.69 bits per heavy atom. The monoisotopic (exact) mass is 242 g/mol. The predicted octanol–water partition coefficient (Wildman–Crippen LogP) is 3.93. The third-order valence-corrected chi connectivity index (χ3v) is 1.40. The molecule has 0 aliphatic rings. The normalized spacial score (nSPS) is 17.4. The average molecular weight is 243 g/mol. The first-order valence-corrected chi connectivity index (χ1v) is 3.87. The minimum Gasteiger partial charge on any atom is -0.205 e. The van der Waals surface area contributed by atoms with Gasteiger partial charge in [-0.1, -0.05) is 0 Å². The van der Waals surface area contributed by atoms with E-state index in [0.717, 1.165) is 6.92 Å². The second-order valence-electron chi connectivity index (χ2n) is 2.26. The van der Waals surface area contributed by atoms with E-state index in [2.05, 4.69) is 11.6 Å². The van der Waals surface area contributed by atoms with Crippen LogP contribution in [0.15, 0.2) is 11.9 Å². The summed E-state index contributed by atoms with van der Waals surface area (Å²) in [6, 6.07) is 0. The Balaban J connectivity index is 4.85. The number of rotatable bonds is 3. The number of halogens is 7. The van der Waals surface area contributed by atoms with Gasteiger partial charge in [0.25, 0.3) is 0 Å². The van der Waals surface area contributed by atoms with E-state index >= 15 is 0 Å². The van der Waals surface area contributed by atoms with Gasteiger partial charge in [-0.2, -0.15) is 17.6 Å². The minimum atomic E-state index is -5.03. The Kier molecular flexibility index (Phi) is 3.99. The summed E-state index contributed by atoms with van der Waals surface area (Å²) in [6.45, 7) is 1.14. The molecule has 0 heterocycles. The molecular formula is C6H5Cl2F5. The van der Waals surface area contributed by atoms with Crippen LogP contribution in [-0.2, 0) is 0 Å². The van der Waals surface area contributed by atoms with Gasteiger partial charge in [-0.25, -0.2) is 4.39 Å². The molecule has 7 heteroatoms. The number of hydrogen-bond donors (Lipinski definition) is 0. The van der Waals surface area contributed by atoms with Gasteiger partial charge in [0.1, 0.15) is 0 Å². The fourth-order valence-corrected chi connectivity index (χ4v) is 0.643. The molecule has 78 valence electrons. The number of alkyl halides is 6. The maximum absolute atomic E-state index is 12.4. The zero-order chi connectivity index (χ0) is 10.9. The molecule has 0 saturated carbocycles. The molecule has 1 unspecified atom stereocenters. The van der Waals surface area contributed by atoms with E-state index < -0.39 is 22.5 Å². The quantitative estimate of drug-likeness (QED) is 0.520. The fourth-order valence-electron chi connectivity index (χ4n) is 0.442. The van der Waals surface area contributed by atoms with Crippen LogP contribution in [0.3, 0.4) is 0 Å². The molecule has 0 spiro atoms. The van der Waals surface area contributed by atoms with E-state index in [-0.39, 0.29) is 6.08 Å². The molecule has 13 heavy (non-hydrogen) atoms. The zero-order valence-corrected chi connectivity index (χ0v) is 7.81. The summed E-state index contributed by atoms with van der Waals surface area (Å²) in [5.41, 5.74) is 0. The lowest BCUT2D eigenvalue weighted by Crippen LogP contribution is -2.36. The van der Waals surface area contributed by atoms with Crippen molar-refractivity contribution < 1.29 is 22.0 Å². The molecule has 0 nitrogen and oxygen atoms in total. The summed E-state index contributed by atoms with van der Waals surface area (Å²) < 4.78 is 60.8. The zero-order valence-electron chi connectivity index (χ0n) is 6.30. The average Bonchev–Trinajstić information content (AvgIpc) is 1.82. The Labute approximate surface area is 81.3 Å². The van der Waals surface area contributed by atoms with Crippen LogP contribution in [0, 0.1) is 0 Å². The van der Waals surface area contributed by atoms with E-state index in [9.17, 15) is 22.0 Å². The Hall–Kier alpha value is -0.0300. The van der Waals surface area contributed by atoms with Crippen molar-refractivity contribution in [2.24, 2.45) is 0 Å². The molecule has 0 N–H and O–H groups in total. The van der Waals surface area contributed by atoms with Crippen molar-refractivity contribution in [3.8, 4) is 0 Å². The van der Waals surface area contributed by atoms with Gasteiger partial charge in [0.05, 0.1) is 5.38 Å². The van der Waals surface area contributed by atoms with Crippen molar-refractivity contribution in [2.75, 3.05) is 0 Å². The SMILES string of the molecule is CC(Cl)/C=C(\F)C(F)(F)C(F)(F)Cl. The lowest BCUT2D eigenvalue weighted by Gasteiger charge is -2.19. The van der Waals surface area contributed by atoms with Gasteiger partial charge in [-0.05, 0) is 24.6 Å². The molecule has 0 radical (unpaired) electrons. The van der Waals surface area contributed by atoms with Crippen LogP contribution in [0.5, 0.6) is 0 Å². The Morgan fingerprint density at radius 1 is 1.31 bits per heavy atom. The number of hydrogen-bond acceptors (Lipinski definition) is 0. The van der Waals surface area contributed by atoms with Crippen molar-refractivity contribution in [1.29, 1.82) is 0 Å². The van der Waals surface area contributed by atoms with Crippen molar-refractivity contribution >= 4 is 23.2 Å². The van der Waals surface area contributed by atoms with Gasteiger partial charge in [-0.15, -0.1) is 11.6 Å². The first kappa shape index (κ1) is 13.0. The summed E-state index contributed by atoms with van der Waals surface area (Å²) in [6.07, 6.45) is 0.165. The standard InChI is InChI=1S/C6H5Cl2F5/c1-3(7)2-4(9)5(10,11)6(8,12)13/h2-3H,1H3/b4-2-. The molecule has 1 atom stereocenters. The van der Waals surface area contributed by atoms with E-state index in [1.807, 2.05) is 0 Å². The fraction of sp³-hybridized carbons (Fsp3) is 0.667. The highest BCUT2D eigenvalue weighted by atomic mass is 35.5. The topological polar surface area (TPSA) is 0 Å². The van der Waals surface area contributed by atoms with Crippen molar-refractivity contribution in [3.63, 3.8) is 0 Å². The first-order chi connectivity index (χ1) is 5.59. The van der Waals surface area contributed by atoms with Gasteiger partial charge in [0.2, 0.25) is 0 Å². The summed E-state index contributed by atoms with van der Waals surface area (Å²) in [5.74, 6) is -7.37. The second kappa shape index (κ2) is 4.00. The van der Waals surface area contributed by atoms with Crippen molar-refractivity contribution in [3.05, 3.63) is 11.9 Å². The molecule has 0 fully saturated rings.